The molecule has 0 aliphatic carbocycles. The summed E-state index contributed by atoms with van der Waals surface area (Å²) in [6.45, 7) is 2.08. The highest BCUT2D eigenvalue weighted by molar-refractivity contribution is 6.31. The maximum absolute atomic E-state index is 6.15. The van der Waals surface area contributed by atoms with Gasteiger partial charge in [-0.25, -0.2) is 0 Å². The zero-order chi connectivity index (χ0) is 12.3. The molecule has 88 valence electrons. The Morgan fingerprint density at radius 2 is 1.71 bits per heavy atom. The van der Waals surface area contributed by atoms with Crippen LogP contribution >= 0.6 is 11.6 Å². The molecule has 0 aliphatic heterocycles. The smallest absolute Gasteiger partial charge is 0.0500 e. The summed E-state index contributed by atoms with van der Waals surface area (Å²) in [5.41, 5.74) is 8.53. The van der Waals surface area contributed by atoms with E-state index in [1.165, 1.54) is 0 Å². The molecular formula is C14H15ClN2. The van der Waals surface area contributed by atoms with E-state index in [9.17, 15) is 0 Å². The van der Waals surface area contributed by atoms with Gasteiger partial charge in [0, 0.05) is 22.4 Å². The predicted octanol–water partition coefficient (Wildman–Crippen LogP) is 4.10. The molecular weight excluding hydrogens is 232 g/mol. The summed E-state index contributed by atoms with van der Waals surface area (Å²) in [4.78, 5) is 0. The van der Waals surface area contributed by atoms with Crippen molar-refractivity contribution in [2.45, 2.75) is 13.0 Å². The van der Waals surface area contributed by atoms with Gasteiger partial charge in [0.05, 0.1) is 0 Å². The van der Waals surface area contributed by atoms with Crippen molar-refractivity contribution >= 4 is 23.0 Å². The lowest BCUT2D eigenvalue weighted by atomic mass is 10.1. The fourth-order valence-electron chi connectivity index (χ4n) is 1.73. The molecule has 0 spiro atoms. The maximum atomic E-state index is 6.15. The van der Waals surface area contributed by atoms with Gasteiger partial charge in [0.15, 0.2) is 0 Å². The van der Waals surface area contributed by atoms with Gasteiger partial charge >= 0.3 is 0 Å². The molecule has 0 heterocycles. The Morgan fingerprint density at radius 1 is 1.06 bits per heavy atom. The first-order chi connectivity index (χ1) is 8.16. The Balaban J connectivity index is 2.14. The van der Waals surface area contributed by atoms with Gasteiger partial charge in [-0.05, 0) is 42.8 Å². The fourth-order valence-corrected chi connectivity index (χ4v) is 2.03. The van der Waals surface area contributed by atoms with Crippen molar-refractivity contribution < 1.29 is 0 Å². The van der Waals surface area contributed by atoms with Crippen molar-refractivity contribution in [1.82, 2.24) is 0 Å². The van der Waals surface area contributed by atoms with E-state index in [2.05, 4.69) is 12.2 Å². The first kappa shape index (κ1) is 11.8. The summed E-state index contributed by atoms with van der Waals surface area (Å²) in [5, 5.41) is 4.17. The van der Waals surface area contributed by atoms with E-state index in [1.807, 2.05) is 48.5 Å². The lowest BCUT2D eigenvalue weighted by Crippen LogP contribution is -2.07. The summed E-state index contributed by atoms with van der Waals surface area (Å²) in [5.74, 6) is 0. The number of nitrogens with two attached hydrogens (primary N) is 1. The van der Waals surface area contributed by atoms with Crippen LogP contribution in [0.4, 0.5) is 11.4 Å². The van der Waals surface area contributed by atoms with Crippen molar-refractivity contribution in [2.24, 2.45) is 0 Å². The minimum Gasteiger partial charge on any atom is -0.399 e. The summed E-state index contributed by atoms with van der Waals surface area (Å²) >= 11 is 6.15. The molecule has 2 rings (SSSR count). The van der Waals surface area contributed by atoms with Crippen molar-refractivity contribution in [1.29, 1.82) is 0 Å². The summed E-state index contributed by atoms with van der Waals surface area (Å²) < 4.78 is 0. The molecule has 1 unspecified atom stereocenters. The standard InChI is InChI=1S/C14H15ClN2/c1-10(13-4-2-3-5-14(13)15)17-12-8-6-11(16)7-9-12/h2-10,17H,16H2,1H3. The molecule has 3 N–H and O–H groups in total. The van der Waals surface area contributed by atoms with Crippen LogP contribution in [0.1, 0.15) is 18.5 Å². The Labute approximate surface area is 106 Å². The maximum Gasteiger partial charge on any atom is 0.0500 e. The zero-order valence-corrected chi connectivity index (χ0v) is 10.4. The number of hydrogen-bond donors (Lipinski definition) is 2. The van der Waals surface area contributed by atoms with Gasteiger partial charge in [0.2, 0.25) is 0 Å². The number of anilines is 2. The summed E-state index contributed by atoms with van der Waals surface area (Å²) in [7, 11) is 0. The largest absolute Gasteiger partial charge is 0.399 e. The molecule has 1 atom stereocenters. The third-order valence-corrected chi connectivity index (χ3v) is 3.01. The molecule has 2 aromatic rings. The molecule has 0 aromatic heterocycles. The number of nitrogens with one attached hydrogen (secondary N) is 1. The highest BCUT2D eigenvalue weighted by Crippen LogP contribution is 2.25. The molecule has 3 heteroatoms. The Morgan fingerprint density at radius 3 is 2.35 bits per heavy atom. The van der Waals surface area contributed by atoms with Gasteiger partial charge in [0.25, 0.3) is 0 Å². The van der Waals surface area contributed by atoms with Crippen LogP contribution in [-0.4, -0.2) is 0 Å². The van der Waals surface area contributed by atoms with Gasteiger partial charge < -0.3 is 11.1 Å². The SMILES string of the molecule is CC(Nc1ccc(N)cc1)c1ccccc1Cl. The normalized spacial score (nSPS) is 12.1. The lowest BCUT2D eigenvalue weighted by molar-refractivity contribution is 0.885. The Hall–Kier alpha value is -1.67. The molecule has 0 saturated carbocycles. The van der Waals surface area contributed by atoms with Crippen LogP contribution in [-0.2, 0) is 0 Å². The highest BCUT2D eigenvalue weighted by Gasteiger charge is 2.08. The van der Waals surface area contributed by atoms with Crippen LogP contribution in [0.2, 0.25) is 5.02 Å². The number of rotatable bonds is 3. The Kier molecular flexibility index (Phi) is 3.55. The van der Waals surface area contributed by atoms with E-state index in [4.69, 9.17) is 17.3 Å². The molecule has 0 radical (unpaired) electrons. The van der Waals surface area contributed by atoms with Crippen LogP contribution in [0, 0.1) is 0 Å². The lowest BCUT2D eigenvalue weighted by Gasteiger charge is -2.17. The Bertz CT molecular complexity index is 494. The van der Waals surface area contributed by atoms with Crippen molar-refractivity contribution in [2.75, 3.05) is 11.1 Å². The molecule has 0 saturated heterocycles. The first-order valence-electron chi connectivity index (χ1n) is 5.53. The van der Waals surface area contributed by atoms with Crippen LogP contribution in [0.15, 0.2) is 48.5 Å². The van der Waals surface area contributed by atoms with Gasteiger partial charge in [-0.1, -0.05) is 29.8 Å². The van der Waals surface area contributed by atoms with Crippen LogP contribution in [0.5, 0.6) is 0 Å². The third kappa shape index (κ3) is 2.92. The van der Waals surface area contributed by atoms with Crippen LogP contribution in [0.25, 0.3) is 0 Å². The molecule has 2 nitrogen and oxygen atoms in total. The number of benzene rings is 2. The highest BCUT2D eigenvalue weighted by atomic mass is 35.5. The van der Waals surface area contributed by atoms with E-state index in [1.54, 1.807) is 0 Å². The zero-order valence-electron chi connectivity index (χ0n) is 9.65. The molecule has 0 bridgehead atoms. The van der Waals surface area contributed by atoms with E-state index in [-0.39, 0.29) is 6.04 Å². The van der Waals surface area contributed by atoms with Crippen LogP contribution < -0.4 is 11.1 Å². The second-order valence-corrected chi connectivity index (χ2v) is 4.42. The fraction of sp³-hybridized carbons (Fsp3) is 0.143. The monoisotopic (exact) mass is 246 g/mol. The van der Waals surface area contributed by atoms with Crippen LogP contribution in [0.3, 0.4) is 0 Å². The van der Waals surface area contributed by atoms with Crippen molar-refractivity contribution in [3.63, 3.8) is 0 Å². The van der Waals surface area contributed by atoms with Gasteiger partial charge in [0.1, 0.15) is 0 Å². The average molecular weight is 247 g/mol. The second-order valence-electron chi connectivity index (χ2n) is 4.01. The molecule has 0 fully saturated rings. The van der Waals surface area contributed by atoms with E-state index < -0.39 is 0 Å². The summed E-state index contributed by atoms with van der Waals surface area (Å²) in [6, 6.07) is 15.7. The summed E-state index contributed by atoms with van der Waals surface area (Å²) in [6.07, 6.45) is 0. The molecule has 0 aliphatic rings. The number of hydrogen-bond acceptors (Lipinski definition) is 2. The van der Waals surface area contributed by atoms with Gasteiger partial charge in [-0.3, -0.25) is 0 Å². The predicted molar refractivity (Wildman–Crippen MR) is 74.3 cm³/mol. The third-order valence-electron chi connectivity index (χ3n) is 2.67. The molecule has 2 aromatic carbocycles. The topological polar surface area (TPSA) is 38.0 Å². The minimum atomic E-state index is 0.160. The second kappa shape index (κ2) is 5.11. The first-order valence-corrected chi connectivity index (χ1v) is 5.91. The average Bonchev–Trinajstić information content (AvgIpc) is 2.32. The van der Waals surface area contributed by atoms with Gasteiger partial charge in [-0.15, -0.1) is 0 Å². The van der Waals surface area contributed by atoms with E-state index >= 15 is 0 Å². The van der Waals surface area contributed by atoms with E-state index in [0.717, 1.165) is 22.0 Å². The van der Waals surface area contributed by atoms with Crippen molar-refractivity contribution in [3.05, 3.63) is 59.1 Å². The number of halogens is 1. The minimum absolute atomic E-state index is 0.160. The van der Waals surface area contributed by atoms with E-state index in [0.29, 0.717) is 0 Å². The molecule has 17 heavy (non-hydrogen) atoms. The van der Waals surface area contributed by atoms with Gasteiger partial charge in [-0.2, -0.15) is 0 Å². The molecule has 0 amide bonds. The quantitative estimate of drug-likeness (QED) is 0.801. The van der Waals surface area contributed by atoms with Crippen molar-refractivity contribution in [3.8, 4) is 0 Å². The number of nitrogen functional groups attached to an aromatic ring is 1.